The molecule has 5 rings (SSSR count). The summed E-state index contributed by atoms with van der Waals surface area (Å²) in [4.78, 5) is 110. The molecular weight excluding hydrogens is 845 g/mol. The van der Waals surface area contributed by atoms with Crippen molar-refractivity contribution in [3.8, 4) is 5.75 Å². The number of aromatic hydroxyl groups is 1. The van der Waals surface area contributed by atoms with Crippen molar-refractivity contribution in [3.63, 3.8) is 0 Å². The van der Waals surface area contributed by atoms with Crippen LogP contribution in [0, 0.1) is 11.8 Å². The Balaban J connectivity index is 1.21. The summed E-state index contributed by atoms with van der Waals surface area (Å²) in [6.45, 7) is 11.5. The molecule has 6 amide bonds. The van der Waals surface area contributed by atoms with Gasteiger partial charge < -0.3 is 47.6 Å². The molecular formula is C49H64N8O9. The first-order valence-corrected chi connectivity index (χ1v) is 22.7. The minimum absolute atomic E-state index is 0.00902. The summed E-state index contributed by atoms with van der Waals surface area (Å²) in [6, 6.07) is 11.9. The highest BCUT2D eigenvalue weighted by Gasteiger charge is 2.39. The second kappa shape index (κ2) is 23.0. The highest BCUT2D eigenvalue weighted by Crippen LogP contribution is 2.32. The Labute approximate surface area is 385 Å². The number of likely N-dealkylation sites (tertiary alicyclic amines) is 1. The van der Waals surface area contributed by atoms with E-state index < -0.39 is 65.8 Å². The fourth-order valence-corrected chi connectivity index (χ4v) is 8.16. The molecule has 1 saturated heterocycles. The molecule has 0 aromatic heterocycles. The van der Waals surface area contributed by atoms with E-state index in [0.29, 0.717) is 65.9 Å². The van der Waals surface area contributed by atoms with Crippen LogP contribution in [0.1, 0.15) is 111 Å². The first kappa shape index (κ1) is 50.4. The molecule has 9 N–H and O–H groups in total. The number of ketones is 2. The molecule has 354 valence electrons. The van der Waals surface area contributed by atoms with Gasteiger partial charge in [-0.3, -0.25) is 38.4 Å². The van der Waals surface area contributed by atoms with Crippen molar-refractivity contribution in [1.82, 2.24) is 31.5 Å². The molecule has 66 heavy (non-hydrogen) atoms. The van der Waals surface area contributed by atoms with E-state index in [1.54, 1.807) is 54.6 Å². The van der Waals surface area contributed by atoms with Crippen molar-refractivity contribution in [2.75, 3.05) is 25.0 Å². The van der Waals surface area contributed by atoms with Crippen LogP contribution in [0.25, 0.3) is 0 Å². The van der Waals surface area contributed by atoms with Crippen LogP contribution in [-0.2, 0) is 35.2 Å². The number of phenolic OH excluding ortho intramolecular Hbond substituents is 1. The zero-order valence-electron chi connectivity index (χ0n) is 38.6. The van der Waals surface area contributed by atoms with Gasteiger partial charge in [-0.2, -0.15) is 0 Å². The van der Waals surface area contributed by atoms with E-state index >= 15 is 0 Å². The van der Waals surface area contributed by atoms with E-state index in [4.69, 9.17) is 5.73 Å². The van der Waals surface area contributed by atoms with Gasteiger partial charge in [-0.05, 0) is 81.5 Å². The lowest BCUT2D eigenvalue weighted by Crippen LogP contribution is -2.59. The standard InChI is InChI=1S/C49H64N8O9/c1-27(2)24-37(55-47(64)38(26-31-17-19-32(58)20-18-31)54-45(62)30(6)53-44(61)29(5)50)46(63)56-39(25-28(3)4)49(66)57-23-10-16-40(57)48(65)52-22-11-21-51-36-15-9-14-35-41(36)43(60)34-13-8-7-12-33(34)42(35)59/h7-9,12-15,17-20,27-30,37-40,51,58H,10-11,16,21-26,50H2,1-6H3,(H,52,65)(H,53,61)(H,54,62)(H,55,64)(H,56,63)/t29-,30-,37-,38-,39-,40-/m0/s1. The molecule has 6 atom stereocenters. The van der Waals surface area contributed by atoms with Crippen molar-refractivity contribution < 1.29 is 43.5 Å². The number of carbonyl (C=O) groups excluding carboxylic acids is 8. The van der Waals surface area contributed by atoms with Crippen LogP contribution in [0.15, 0.2) is 66.7 Å². The van der Waals surface area contributed by atoms with E-state index in [9.17, 15) is 43.5 Å². The number of phenols is 1. The quantitative estimate of drug-likeness (QED) is 0.0564. The van der Waals surface area contributed by atoms with Crippen LogP contribution >= 0.6 is 0 Å². The second-order valence-corrected chi connectivity index (χ2v) is 18.0. The third-order valence-electron chi connectivity index (χ3n) is 11.6. The molecule has 2 aliphatic rings. The average Bonchev–Trinajstić information content (AvgIpc) is 3.77. The zero-order valence-corrected chi connectivity index (χ0v) is 38.6. The Morgan fingerprint density at radius 1 is 0.682 bits per heavy atom. The molecule has 1 heterocycles. The normalized spacial score (nSPS) is 16.6. The molecule has 1 fully saturated rings. The van der Waals surface area contributed by atoms with Crippen molar-refractivity contribution in [1.29, 1.82) is 0 Å². The van der Waals surface area contributed by atoms with Crippen molar-refractivity contribution in [2.45, 2.75) is 116 Å². The number of rotatable bonds is 21. The van der Waals surface area contributed by atoms with Crippen LogP contribution in [0.3, 0.4) is 0 Å². The van der Waals surface area contributed by atoms with E-state index in [-0.39, 0.29) is 60.9 Å². The molecule has 3 aromatic carbocycles. The number of benzene rings is 3. The number of nitrogens with one attached hydrogen (secondary N) is 6. The number of nitrogens with two attached hydrogens (primary N) is 1. The van der Waals surface area contributed by atoms with Gasteiger partial charge in [0.15, 0.2) is 11.6 Å². The second-order valence-electron chi connectivity index (χ2n) is 18.0. The summed E-state index contributed by atoms with van der Waals surface area (Å²) >= 11 is 0. The Hall–Kier alpha value is -6.62. The van der Waals surface area contributed by atoms with Gasteiger partial charge in [0.05, 0.1) is 11.6 Å². The Morgan fingerprint density at radius 3 is 1.92 bits per heavy atom. The number of carbonyl (C=O) groups is 8. The maximum atomic E-state index is 14.3. The lowest BCUT2D eigenvalue weighted by molar-refractivity contribution is -0.142. The van der Waals surface area contributed by atoms with Gasteiger partial charge in [-0.1, -0.05) is 76.2 Å². The number of hydrogen-bond acceptors (Lipinski definition) is 11. The summed E-state index contributed by atoms with van der Waals surface area (Å²) in [6.07, 6.45) is 1.93. The number of fused-ring (bicyclic) bond motifs is 2. The third-order valence-corrected chi connectivity index (χ3v) is 11.6. The number of hydrogen-bond donors (Lipinski definition) is 8. The number of amides is 6. The maximum Gasteiger partial charge on any atom is 0.245 e. The largest absolute Gasteiger partial charge is 0.508 e. The molecule has 0 radical (unpaired) electrons. The van der Waals surface area contributed by atoms with Crippen LogP contribution in [-0.4, -0.2) is 113 Å². The van der Waals surface area contributed by atoms with E-state index in [2.05, 4.69) is 31.9 Å². The SMILES string of the molecule is CC(C)C[C@H](NC(=O)[C@H](Cc1ccc(O)cc1)NC(=O)[C@H](C)NC(=O)[C@H](C)N)C(=O)N[C@@H](CC(C)C)C(=O)N1CCC[C@H]1C(=O)NCCCNc1cccc2c1C(=O)c1ccccc1C2=O. The number of anilines is 1. The third kappa shape index (κ3) is 13.0. The highest BCUT2D eigenvalue weighted by atomic mass is 16.3. The Bertz CT molecular complexity index is 2280. The van der Waals surface area contributed by atoms with Crippen LogP contribution in [0.5, 0.6) is 5.75 Å². The summed E-state index contributed by atoms with van der Waals surface area (Å²) in [5.41, 5.74) is 8.18. The Morgan fingerprint density at radius 2 is 1.27 bits per heavy atom. The van der Waals surface area contributed by atoms with Gasteiger partial charge in [0.1, 0.15) is 36.0 Å². The summed E-state index contributed by atoms with van der Waals surface area (Å²) < 4.78 is 0. The van der Waals surface area contributed by atoms with Crippen LogP contribution in [0.4, 0.5) is 5.69 Å². The van der Waals surface area contributed by atoms with Crippen molar-refractivity contribution in [2.24, 2.45) is 17.6 Å². The predicted molar refractivity (Wildman–Crippen MR) is 248 cm³/mol. The molecule has 0 spiro atoms. The van der Waals surface area contributed by atoms with Gasteiger partial charge >= 0.3 is 0 Å². The first-order valence-electron chi connectivity index (χ1n) is 22.7. The van der Waals surface area contributed by atoms with Crippen molar-refractivity contribution >= 4 is 52.7 Å². The fourth-order valence-electron chi connectivity index (χ4n) is 8.16. The summed E-state index contributed by atoms with van der Waals surface area (Å²) in [5, 5.41) is 26.9. The van der Waals surface area contributed by atoms with Crippen molar-refractivity contribution in [3.05, 3.63) is 94.5 Å². The predicted octanol–water partition coefficient (Wildman–Crippen LogP) is 2.72. The molecule has 1 aliphatic carbocycles. The van der Waals surface area contributed by atoms with E-state index in [1.165, 1.54) is 30.9 Å². The topological polar surface area (TPSA) is 258 Å². The summed E-state index contributed by atoms with van der Waals surface area (Å²) in [5.74, 6) is -3.81. The number of nitrogens with zero attached hydrogens (tertiary/aromatic N) is 1. The van der Waals surface area contributed by atoms with Gasteiger partial charge in [0.2, 0.25) is 35.4 Å². The van der Waals surface area contributed by atoms with Gasteiger partial charge in [0.25, 0.3) is 0 Å². The van der Waals surface area contributed by atoms with E-state index in [0.717, 1.165) is 0 Å². The maximum absolute atomic E-state index is 14.3. The first-order chi connectivity index (χ1) is 31.4. The van der Waals surface area contributed by atoms with E-state index in [1.807, 2.05) is 27.7 Å². The monoisotopic (exact) mass is 908 g/mol. The minimum atomic E-state index is -1.21. The smallest absolute Gasteiger partial charge is 0.245 e. The zero-order chi connectivity index (χ0) is 48.2. The lowest BCUT2D eigenvalue weighted by atomic mass is 9.83. The summed E-state index contributed by atoms with van der Waals surface area (Å²) in [7, 11) is 0. The fraction of sp³-hybridized carbons (Fsp3) is 0.469. The van der Waals surface area contributed by atoms with Crippen LogP contribution < -0.4 is 37.6 Å². The lowest BCUT2D eigenvalue weighted by Gasteiger charge is -2.31. The average molecular weight is 909 g/mol. The molecule has 0 saturated carbocycles. The molecule has 17 nitrogen and oxygen atoms in total. The molecule has 3 aromatic rings. The van der Waals surface area contributed by atoms with Gasteiger partial charge in [-0.25, -0.2) is 0 Å². The Kier molecular flexibility index (Phi) is 17.6. The van der Waals surface area contributed by atoms with Crippen LogP contribution in [0.2, 0.25) is 0 Å². The molecule has 0 unspecified atom stereocenters. The molecule has 1 aliphatic heterocycles. The minimum Gasteiger partial charge on any atom is -0.508 e. The van der Waals surface area contributed by atoms with Gasteiger partial charge in [-0.15, -0.1) is 0 Å². The highest BCUT2D eigenvalue weighted by molar-refractivity contribution is 6.30. The van der Waals surface area contributed by atoms with Gasteiger partial charge in [0, 0.05) is 48.4 Å². The molecule has 17 heteroatoms. The molecule has 0 bridgehead atoms.